The molecule has 0 bridgehead atoms. The van der Waals surface area contributed by atoms with E-state index in [-0.39, 0.29) is 9.79 Å². The topological polar surface area (TPSA) is 133 Å². The lowest BCUT2D eigenvalue weighted by molar-refractivity contribution is -0.0196. The lowest BCUT2D eigenvalue weighted by Crippen LogP contribution is -2.55. The van der Waals surface area contributed by atoms with Crippen molar-refractivity contribution >= 4 is 20.0 Å². The number of nitrogens with one attached hydrogen (secondary N) is 2. The Morgan fingerprint density at radius 3 is 1.21 bits per heavy atom. The molecule has 38 heavy (non-hydrogen) atoms. The summed E-state index contributed by atoms with van der Waals surface area (Å²) < 4.78 is 57.6. The normalized spacial score (nSPS) is 15.6. The van der Waals surface area contributed by atoms with Crippen molar-refractivity contribution in [2.45, 2.75) is 113 Å². The van der Waals surface area contributed by atoms with Gasteiger partial charge in [0, 0.05) is 0 Å². The first-order valence-electron chi connectivity index (χ1n) is 13.5. The second-order valence-electron chi connectivity index (χ2n) is 10.1. The molecule has 0 aromatic heterocycles. The average Bonchev–Trinajstić information content (AvgIpc) is 2.87. The van der Waals surface area contributed by atoms with E-state index < -0.39 is 44.3 Å². The number of benzene rings is 2. The maximum absolute atomic E-state index is 13.1. The predicted molar refractivity (Wildman–Crippen MR) is 151 cm³/mol. The van der Waals surface area contributed by atoms with Crippen molar-refractivity contribution in [1.82, 2.24) is 9.44 Å². The molecule has 0 spiro atoms. The number of sulfonamides is 2. The predicted octanol–water partition coefficient (Wildman–Crippen LogP) is 4.18. The van der Waals surface area contributed by atoms with Gasteiger partial charge >= 0.3 is 0 Å². The number of aliphatic hydroxyl groups is 2. The Morgan fingerprint density at radius 2 is 0.921 bits per heavy atom. The first-order valence-corrected chi connectivity index (χ1v) is 16.4. The molecule has 8 nitrogen and oxygen atoms in total. The van der Waals surface area contributed by atoms with Crippen LogP contribution in [0.3, 0.4) is 0 Å². The van der Waals surface area contributed by atoms with Crippen molar-refractivity contribution < 1.29 is 27.0 Å². The number of hydrogen-bond acceptors (Lipinski definition) is 6. The van der Waals surface area contributed by atoms with Crippen molar-refractivity contribution in [2.24, 2.45) is 0 Å². The van der Waals surface area contributed by atoms with Crippen LogP contribution in [0, 0.1) is 13.8 Å². The van der Waals surface area contributed by atoms with Gasteiger partial charge in [-0.15, -0.1) is 0 Å². The Balaban J connectivity index is 2.31. The highest BCUT2D eigenvalue weighted by Gasteiger charge is 2.36. The molecule has 4 atom stereocenters. The highest BCUT2D eigenvalue weighted by molar-refractivity contribution is 7.89. The van der Waals surface area contributed by atoms with E-state index in [4.69, 9.17) is 0 Å². The van der Waals surface area contributed by atoms with E-state index in [1.807, 2.05) is 27.7 Å². The van der Waals surface area contributed by atoms with E-state index in [1.165, 1.54) is 24.3 Å². The number of unbranched alkanes of at least 4 members (excludes halogenated alkanes) is 4. The second-order valence-corrected chi connectivity index (χ2v) is 13.5. The Hall–Kier alpha value is -1.82. The number of rotatable bonds is 17. The van der Waals surface area contributed by atoms with Crippen LogP contribution in [-0.4, -0.2) is 51.3 Å². The molecule has 0 aliphatic carbocycles. The van der Waals surface area contributed by atoms with E-state index >= 15 is 0 Å². The van der Waals surface area contributed by atoms with Crippen LogP contribution in [-0.2, 0) is 20.0 Å². The number of hydrogen-bond donors (Lipinski definition) is 4. The number of aryl methyl sites for hydroxylation is 2. The molecule has 0 fully saturated rings. The van der Waals surface area contributed by atoms with Crippen LogP contribution in [0.15, 0.2) is 58.3 Å². The molecule has 0 unspecified atom stereocenters. The monoisotopic (exact) mass is 568 g/mol. The summed E-state index contributed by atoms with van der Waals surface area (Å²) in [5, 5.41) is 22.5. The van der Waals surface area contributed by atoms with Gasteiger partial charge in [-0.2, -0.15) is 0 Å². The largest absolute Gasteiger partial charge is 0.389 e. The van der Waals surface area contributed by atoms with Crippen LogP contribution < -0.4 is 9.44 Å². The van der Waals surface area contributed by atoms with Gasteiger partial charge < -0.3 is 10.2 Å². The van der Waals surface area contributed by atoms with Gasteiger partial charge in [0.1, 0.15) is 0 Å². The number of aliphatic hydroxyl groups excluding tert-OH is 2. The van der Waals surface area contributed by atoms with E-state index in [9.17, 15) is 27.0 Å². The summed E-state index contributed by atoms with van der Waals surface area (Å²) in [6, 6.07) is 10.7. The molecule has 2 aromatic carbocycles. The van der Waals surface area contributed by atoms with Crippen LogP contribution in [0.4, 0.5) is 0 Å². The summed E-state index contributed by atoms with van der Waals surface area (Å²) in [7, 11) is -7.96. The average molecular weight is 569 g/mol. The molecule has 10 heteroatoms. The molecule has 214 valence electrons. The van der Waals surface area contributed by atoms with Crippen molar-refractivity contribution in [3.63, 3.8) is 0 Å². The molecular formula is C28H44N2O6S2. The third-order valence-electron chi connectivity index (χ3n) is 6.69. The van der Waals surface area contributed by atoms with Gasteiger partial charge in [-0.3, -0.25) is 0 Å². The third kappa shape index (κ3) is 9.73. The van der Waals surface area contributed by atoms with Crippen molar-refractivity contribution in [3.05, 3.63) is 59.7 Å². The highest BCUT2D eigenvalue weighted by atomic mass is 32.2. The van der Waals surface area contributed by atoms with E-state index in [2.05, 4.69) is 9.44 Å². The van der Waals surface area contributed by atoms with Crippen LogP contribution in [0.25, 0.3) is 0 Å². The Kier molecular flexibility index (Phi) is 12.9. The molecule has 4 N–H and O–H groups in total. The molecule has 0 amide bonds. The highest BCUT2D eigenvalue weighted by Crippen LogP contribution is 2.21. The minimum atomic E-state index is -3.98. The van der Waals surface area contributed by atoms with Crippen LogP contribution >= 0.6 is 0 Å². The molecule has 2 aromatic rings. The van der Waals surface area contributed by atoms with Gasteiger partial charge in [0.05, 0.1) is 34.1 Å². The Labute approximate surface area is 229 Å². The maximum Gasteiger partial charge on any atom is 0.240 e. The third-order valence-corrected chi connectivity index (χ3v) is 9.70. The summed E-state index contributed by atoms with van der Waals surface area (Å²) >= 11 is 0. The summed E-state index contributed by atoms with van der Waals surface area (Å²) in [5.74, 6) is 0. The first-order chi connectivity index (χ1) is 17.9. The van der Waals surface area contributed by atoms with Crippen molar-refractivity contribution in [1.29, 1.82) is 0 Å². The maximum atomic E-state index is 13.1. The van der Waals surface area contributed by atoms with Crippen LogP contribution in [0.2, 0.25) is 0 Å². The van der Waals surface area contributed by atoms with Crippen molar-refractivity contribution in [3.8, 4) is 0 Å². The molecular weight excluding hydrogens is 524 g/mol. The smallest absolute Gasteiger partial charge is 0.240 e. The fourth-order valence-electron chi connectivity index (χ4n) is 4.27. The van der Waals surface area contributed by atoms with Gasteiger partial charge in [0.2, 0.25) is 20.0 Å². The SMILES string of the molecule is CCCCC[C@@H](NS(=O)(=O)c1ccc(C)cc1)[C@@H](O)[C@H](O)[C@@H](CCCCC)NS(=O)(=O)c1ccc(C)cc1. The van der Waals surface area contributed by atoms with Gasteiger partial charge in [-0.25, -0.2) is 26.3 Å². The second kappa shape index (κ2) is 15.1. The van der Waals surface area contributed by atoms with Gasteiger partial charge in [-0.1, -0.05) is 87.8 Å². The van der Waals surface area contributed by atoms with Gasteiger partial charge in [0.15, 0.2) is 0 Å². The Morgan fingerprint density at radius 1 is 0.605 bits per heavy atom. The van der Waals surface area contributed by atoms with Crippen LogP contribution in [0.5, 0.6) is 0 Å². The van der Waals surface area contributed by atoms with E-state index in [0.29, 0.717) is 25.7 Å². The zero-order valence-corrected chi connectivity index (χ0v) is 24.6. The summed E-state index contributed by atoms with van der Waals surface area (Å²) in [5.41, 5.74) is 1.82. The zero-order chi connectivity index (χ0) is 28.3. The van der Waals surface area contributed by atoms with Gasteiger partial charge in [-0.05, 0) is 51.0 Å². The summed E-state index contributed by atoms with van der Waals surface area (Å²) in [6.07, 6.45) is 2.25. The fraction of sp³-hybridized carbons (Fsp3) is 0.571. The minimum absolute atomic E-state index is 0.0600. The molecule has 0 aliphatic rings. The van der Waals surface area contributed by atoms with Gasteiger partial charge in [0.25, 0.3) is 0 Å². The zero-order valence-electron chi connectivity index (χ0n) is 22.9. The fourth-order valence-corrected chi connectivity index (χ4v) is 6.85. The van der Waals surface area contributed by atoms with Crippen LogP contribution in [0.1, 0.15) is 76.3 Å². The minimum Gasteiger partial charge on any atom is -0.389 e. The molecule has 2 rings (SSSR count). The molecule has 0 heterocycles. The molecule has 0 aliphatic heterocycles. The quantitative estimate of drug-likeness (QED) is 0.212. The standard InChI is InChI=1S/C28H44N2O6S2/c1-5-7-9-11-25(29-37(33,34)23-17-13-21(3)14-18-23)27(31)28(32)26(12-10-8-6-2)30-38(35,36)24-19-15-22(4)16-20-24/h13-20,25-32H,5-12H2,1-4H3/t25-,26-,27-,28-/m1/s1. The van der Waals surface area contributed by atoms with E-state index in [0.717, 1.165) is 36.8 Å². The Bertz CT molecular complexity index is 1090. The van der Waals surface area contributed by atoms with Crippen molar-refractivity contribution in [2.75, 3.05) is 0 Å². The lowest BCUT2D eigenvalue weighted by atomic mass is 9.93. The molecule has 0 saturated heterocycles. The lowest BCUT2D eigenvalue weighted by Gasteiger charge is -2.32. The first kappa shape index (κ1) is 32.4. The van der Waals surface area contributed by atoms with E-state index in [1.54, 1.807) is 24.3 Å². The summed E-state index contributed by atoms with van der Waals surface area (Å²) in [6.45, 7) is 7.74. The summed E-state index contributed by atoms with van der Waals surface area (Å²) in [4.78, 5) is 0.120. The molecule has 0 radical (unpaired) electrons. The molecule has 0 saturated carbocycles.